The number of thioether (sulfide) groups is 1. The molecule has 1 amide bonds. The number of nitrogens with two attached hydrogens (primary N) is 1. The molecule has 2 atom stereocenters. The first kappa shape index (κ1) is 16.0. The third-order valence-electron chi connectivity index (χ3n) is 3.70. The molecular formula is C14H17F3N2OS. The van der Waals surface area contributed by atoms with Crippen LogP contribution in [-0.4, -0.2) is 23.5 Å². The summed E-state index contributed by atoms with van der Waals surface area (Å²) in [5.74, 6) is -0.537. The number of rotatable bonds is 3. The van der Waals surface area contributed by atoms with Gasteiger partial charge in [0, 0.05) is 17.0 Å². The van der Waals surface area contributed by atoms with Gasteiger partial charge in [0.05, 0.1) is 11.1 Å². The summed E-state index contributed by atoms with van der Waals surface area (Å²) in [5.41, 5.74) is 4.72. The van der Waals surface area contributed by atoms with Crippen molar-refractivity contribution in [1.29, 1.82) is 0 Å². The van der Waals surface area contributed by atoms with Crippen molar-refractivity contribution in [3.63, 3.8) is 0 Å². The van der Waals surface area contributed by atoms with E-state index in [4.69, 9.17) is 5.73 Å². The van der Waals surface area contributed by atoms with E-state index < -0.39 is 17.6 Å². The van der Waals surface area contributed by atoms with Crippen LogP contribution in [0.3, 0.4) is 0 Å². The number of alkyl halides is 3. The number of nitrogen functional groups attached to an aromatic ring is 1. The highest BCUT2D eigenvalue weighted by molar-refractivity contribution is 7.99. The van der Waals surface area contributed by atoms with Gasteiger partial charge >= 0.3 is 6.18 Å². The average Bonchev–Trinajstić information content (AvgIpc) is 2.84. The Bertz CT molecular complexity index is 533. The first-order chi connectivity index (χ1) is 9.82. The van der Waals surface area contributed by atoms with Gasteiger partial charge in [-0.15, -0.1) is 0 Å². The maximum Gasteiger partial charge on any atom is 0.416 e. The Morgan fingerprint density at radius 3 is 2.71 bits per heavy atom. The largest absolute Gasteiger partial charge is 0.416 e. The van der Waals surface area contributed by atoms with Gasteiger partial charge in [-0.1, -0.05) is 6.42 Å². The predicted octanol–water partition coefficient (Wildman–Crippen LogP) is 3.30. The molecule has 1 aliphatic carbocycles. The van der Waals surface area contributed by atoms with Crippen molar-refractivity contribution >= 4 is 23.4 Å². The maximum atomic E-state index is 12.7. The van der Waals surface area contributed by atoms with Gasteiger partial charge in [0.15, 0.2) is 0 Å². The van der Waals surface area contributed by atoms with Crippen LogP contribution in [0.2, 0.25) is 0 Å². The fourth-order valence-electron chi connectivity index (χ4n) is 2.55. The highest BCUT2D eigenvalue weighted by atomic mass is 32.2. The van der Waals surface area contributed by atoms with Crippen LogP contribution in [0, 0.1) is 0 Å². The molecule has 3 N–H and O–H groups in total. The first-order valence-electron chi connectivity index (χ1n) is 6.63. The summed E-state index contributed by atoms with van der Waals surface area (Å²) in [4.78, 5) is 12.2. The fraction of sp³-hybridized carbons (Fsp3) is 0.500. The van der Waals surface area contributed by atoms with E-state index in [1.807, 2.05) is 6.26 Å². The van der Waals surface area contributed by atoms with E-state index in [1.165, 1.54) is 0 Å². The minimum absolute atomic E-state index is 0.0126. The summed E-state index contributed by atoms with van der Waals surface area (Å²) in [7, 11) is 0. The highest BCUT2D eigenvalue weighted by Crippen LogP contribution is 2.32. The molecule has 0 radical (unpaired) electrons. The van der Waals surface area contributed by atoms with E-state index in [-0.39, 0.29) is 17.3 Å². The normalized spacial score (nSPS) is 22.3. The van der Waals surface area contributed by atoms with Crippen molar-refractivity contribution in [3.05, 3.63) is 29.3 Å². The molecule has 0 saturated heterocycles. The molecule has 21 heavy (non-hydrogen) atoms. The Kier molecular flexibility index (Phi) is 4.70. The summed E-state index contributed by atoms with van der Waals surface area (Å²) in [5, 5.41) is 3.11. The van der Waals surface area contributed by atoms with Crippen LogP contribution in [0.25, 0.3) is 0 Å². The lowest BCUT2D eigenvalue weighted by Gasteiger charge is -2.20. The van der Waals surface area contributed by atoms with Gasteiger partial charge < -0.3 is 11.1 Å². The molecule has 1 saturated carbocycles. The number of hydrogen-bond donors (Lipinski definition) is 2. The van der Waals surface area contributed by atoms with Crippen molar-refractivity contribution in [2.45, 2.75) is 36.7 Å². The second-order valence-corrected chi connectivity index (χ2v) is 6.16. The number of halogens is 3. The number of anilines is 1. The summed E-state index contributed by atoms with van der Waals surface area (Å²) in [6.45, 7) is 0. The SMILES string of the molecule is CSC1CCCC1NC(=O)c1cc(C(F)(F)F)ccc1N. The van der Waals surface area contributed by atoms with Crippen molar-refractivity contribution < 1.29 is 18.0 Å². The molecule has 0 spiro atoms. The van der Waals surface area contributed by atoms with Gasteiger partial charge in [0.2, 0.25) is 0 Å². The van der Waals surface area contributed by atoms with Crippen LogP contribution < -0.4 is 11.1 Å². The van der Waals surface area contributed by atoms with Gasteiger partial charge in [0.1, 0.15) is 0 Å². The topological polar surface area (TPSA) is 55.1 Å². The Morgan fingerprint density at radius 1 is 1.38 bits per heavy atom. The van der Waals surface area contributed by atoms with Crippen molar-refractivity contribution in [2.75, 3.05) is 12.0 Å². The summed E-state index contributed by atoms with van der Waals surface area (Å²) < 4.78 is 38.1. The number of nitrogens with one attached hydrogen (secondary N) is 1. The van der Waals surface area contributed by atoms with E-state index >= 15 is 0 Å². The van der Waals surface area contributed by atoms with Crippen LogP contribution in [0.1, 0.15) is 35.2 Å². The zero-order chi connectivity index (χ0) is 15.6. The number of carbonyl (C=O) groups is 1. The average molecular weight is 318 g/mol. The molecule has 1 aromatic carbocycles. The Balaban J connectivity index is 2.19. The molecule has 0 bridgehead atoms. The summed E-state index contributed by atoms with van der Waals surface area (Å²) in [6, 6.07) is 2.81. The van der Waals surface area contributed by atoms with Gasteiger partial charge in [-0.05, 0) is 37.3 Å². The number of benzene rings is 1. The number of carbonyl (C=O) groups excluding carboxylic acids is 1. The molecular weight excluding hydrogens is 301 g/mol. The van der Waals surface area contributed by atoms with Crippen LogP contribution in [0.5, 0.6) is 0 Å². The standard InChI is InChI=1S/C14H17F3N2OS/c1-21-12-4-2-3-11(12)19-13(20)9-7-8(14(15,16)17)5-6-10(9)18/h5-7,11-12H,2-4,18H2,1H3,(H,19,20). The smallest absolute Gasteiger partial charge is 0.398 e. The molecule has 1 aromatic rings. The summed E-state index contributed by atoms with van der Waals surface area (Å²) >= 11 is 1.66. The van der Waals surface area contributed by atoms with Crippen LogP contribution in [-0.2, 0) is 6.18 Å². The number of hydrogen-bond acceptors (Lipinski definition) is 3. The Labute approximate surface area is 125 Å². The molecule has 0 aromatic heterocycles. The van der Waals surface area contributed by atoms with Crippen LogP contribution >= 0.6 is 11.8 Å². The molecule has 7 heteroatoms. The Hall–Kier alpha value is -1.37. The first-order valence-corrected chi connectivity index (χ1v) is 7.92. The molecule has 0 heterocycles. The van der Waals surface area contributed by atoms with E-state index in [9.17, 15) is 18.0 Å². The van der Waals surface area contributed by atoms with Gasteiger partial charge in [0.25, 0.3) is 5.91 Å². The number of amides is 1. The van der Waals surface area contributed by atoms with Crippen molar-refractivity contribution in [2.24, 2.45) is 0 Å². The minimum Gasteiger partial charge on any atom is -0.398 e. The lowest BCUT2D eigenvalue weighted by atomic mass is 10.1. The van der Waals surface area contributed by atoms with Crippen LogP contribution in [0.4, 0.5) is 18.9 Å². The zero-order valence-electron chi connectivity index (χ0n) is 11.5. The quantitative estimate of drug-likeness (QED) is 0.841. The van der Waals surface area contributed by atoms with Gasteiger partial charge in [-0.25, -0.2) is 0 Å². The summed E-state index contributed by atoms with van der Waals surface area (Å²) in [6.07, 6.45) is 0.334. The fourth-order valence-corrected chi connectivity index (χ4v) is 3.48. The third kappa shape index (κ3) is 3.64. The Morgan fingerprint density at radius 2 is 2.10 bits per heavy atom. The van der Waals surface area contributed by atoms with Crippen molar-refractivity contribution in [3.8, 4) is 0 Å². The van der Waals surface area contributed by atoms with E-state index in [0.717, 1.165) is 37.5 Å². The van der Waals surface area contributed by atoms with Gasteiger partial charge in [-0.3, -0.25) is 4.79 Å². The molecule has 116 valence electrons. The maximum absolute atomic E-state index is 12.7. The molecule has 0 aliphatic heterocycles. The predicted molar refractivity (Wildman–Crippen MR) is 78.3 cm³/mol. The molecule has 3 nitrogen and oxygen atoms in total. The molecule has 1 fully saturated rings. The monoisotopic (exact) mass is 318 g/mol. The van der Waals surface area contributed by atoms with Crippen LogP contribution in [0.15, 0.2) is 18.2 Å². The molecule has 2 unspecified atom stereocenters. The van der Waals surface area contributed by atoms with E-state index in [0.29, 0.717) is 5.25 Å². The molecule has 1 aliphatic rings. The highest BCUT2D eigenvalue weighted by Gasteiger charge is 2.33. The lowest BCUT2D eigenvalue weighted by Crippen LogP contribution is -2.39. The van der Waals surface area contributed by atoms with E-state index in [2.05, 4.69) is 5.32 Å². The van der Waals surface area contributed by atoms with Crippen molar-refractivity contribution in [1.82, 2.24) is 5.32 Å². The molecule has 2 rings (SSSR count). The van der Waals surface area contributed by atoms with E-state index in [1.54, 1.807) is 11.8 Å². The lowest BCUT2D eigenvalue weighted by molar-refractivity contribution is -0.137. The third-order valence-corrected chi connectivity index (χ3v) is 4.87. The van der Waals surface area contributed by atoms with Gasteiger partial charge in [-0.2, -0.15) is 24.9 Å². The second-order valence-electron chi connectivity index (χ2n) is 5.08. The zero-order valence-corrected chi connectivity index (χ0v) is 12.4. The minimum atomic E-state index is -4.49. The second kappa shape index (κ2) is 6.17.